The molecular weight excluding hydrogens is 431 g/mol. The van der Waals surface area contributed by atoms with Gasteiger partial charge in [0.15, 0.2) is 0 Å². The fourth-order valence-electron chi connectivity index (χ4n) is 5.89. The van der Waals surface area contributed by atoms with Crippen LogP contribution in [0.15, 0.2) is 29.6 Å². The Bertz CT molecular complexity index is 1460. The van der Waals surface area contributed by atoms with Crippen molar-refractivity contribution in [1.82, 2.24) is 9.55 Å². The number of hydrogen-bond acceptors (Lipinski definition) is 4. The Kier molecular flexibility index (Phi) is 5.23. The molecule has 0 radical (unpaired) electrons. The van der Waals surface area contributed by atoms with Crippen LogP contribution in [0.1, 0.15) is 68.4 Å². The van der Waals surface area contributed by atoms with E-state index in [1.165, 1.54) is 11.6 Å². The van der Waals surface area contributed by atoms with E-state index in [-0.39, 0.29) is 25.4 Å². The van der Waals surface area contributed by atoms with Gasteiger partial charge in [-0.1, -0.05) is 26.8 Å². The third-order valence-electron chi connectivity index (χ3n) is 7.73. The first-order valence-corrected chi connectivity index (χ1v) is 12.1. The molecule has 34 heavy (non-hydrogen) atoms. The molecule has 0 saturated carbocycles. The molecular formula is C28H31FN2O3. The highest BCUT2D eigenvalue weighted by Crippen LogP contribution is 2.43. The second kappa shape index (κ2) is 7.90. The van der Waals surface area contributed by atoms with E-state index < -0.39 is 5.41 Å². The number of cyclic esters (lactones) is 1. The summed E-state index contributed by atoms with van der Waals surface area (Å²) in [4.78, 5) is 31.1. The van der Waals surface area contributed by atoms with Gasteiger partial charge in [-0.05, 0) is 60.9 Å². The lowest BCUT2D eigenvalue weighted by Gasteiger charge is -2.33. The first-order valence-electron chi connectivity index (χ1n) is 12.1. The molecule has 178 valence electrons. The van der Waals surface area contributed by atoms with E-state index in [1.54, 1.807) is 10.6 Å². The van der Waals surface area contributed by atoms with Gasteiger partial charge in [0, 0.05) is 18.4 Å². The van der Waals surface area contributed by atoms with Crippen LogP contribution in [0.25, 0.3) is 22.3 Å². The van der Waals surface area contributed by atoms with E-state index in [2.05, 4.69) is 6.58 Å². The minimum atomic E-state index is -1.05. The molecule has 4 heterocycles. The highest BCUT2D eigenvalue weighted by atomic mass is 19.1. The Balaban J connectivity index is 0.000000940. The molecule has 5 nitrogen and oxygen atoms in total. The molecule has 0 fully saturated rings. The molecule has 3 aromatic rings. The maximum absolute atomic E-state index is 14.7. The van der Waals surface area contributed by atoms with E-state index >= 15 is 0 Å². The zero-order valence-electron chi connectivity index (χ0n) is 20.2. The normalized spacial score (nSPS) is 19.5. The number of aryl methyl sites for hydroxylation is 2. The van der Waals surface area contributed by atoms with Crippen molar-refractivity contribution in [1.29, 1.82) is 0 Å². The molecule has 0 unspecified atom stereocenters. The van der Waals surface area contributed by atoms with Crippen molar-refractivity contribution in [2.45, 2.75) is 71.9 Å². The summed E-state index contributed by atoms with van der Waals surface area (Å²) in [5.41, 5.74) is 5.94. The summed E-state index contributed by atoms with van der Waals surface area (Å²) in [7, 11) is 0. The van der Waals surface area contributed by atoms with Crippen LogP contribution >= 0.6 is 0 Å². The van der Waals surface area contributed by atoms with Crippen LogP contribution in [0.2, 0.25) is 0 Å². The quantitative estimate of drug-likeness (QED) is 0.291. The fraction of sp³-hybridized carbons (Fsp3) is 0.393. The van der Waals surface area contributed by atoms with Crippen LogP contribution in [0.4, 0.5) is 4.39 Å². The smallest absolute Gasteiger partial charge is 0.320 e. The summed E-state index contributed by atoms with van der Waals surface area (Å²) in [6.07, 6.45) is 4.70. The van der Waals surface area contributed by atoms with Gasteiger partial charge >= 0.3 is 5.97 Å². The molecule has 6 heteroatoms. The number of nitrogens with zero attached hydrogens (tertiary/aromatic N) is 2. The van der Waals surface area contributed by atoms with Gasteiger partial charge in [0.2, 0.25) is 0 Å². The van der Waals surface area contributed by atoms with Crippen LogP contribution in [0, 0.1) is 12.7 Å². The zero-order chi connectivity index (χ0) is 24.4. The Labute approximate surface area is 199 Å². The van der Waals surface area contributed by atoms with Crippen LogP contribution < -0.4 is 5.56 Å². The lowest BCUT2D eigenvalue weighted by Crippen LogP contribution is -2.43. The third kappa shape index (κ3) is 2.74. The number of fused-ring (bicyclic) bond motifs is 5. The molecule has 2 aromatic heterocycles. The van der Waals surface area contributed by atoms with Crippen LogP contribution in [0.5, 0.6) is 0 Å². The maximum Gasteiger partial charge on any atom is 0.320 e. The van der Waals surface area contributed by atoms with Crippen molar-refractivity contribution in [3.8, 4) is 11.4 Å². The number of pyridine rings is 2. The molecule has 0 spiro atoms. The number of aromatic nitrogens is 2. The molecule has 2 aliphatic heterocycles. The van der Waals surface area contributed by atoms with Gasteiger partial charge in [-0.25, -0.2) is 9.37 Å². The van der Waals surface area contributed by atoms with Gasteiger partial charge in [0.1, 0.15) is 17.8 Å². The first-order chi connectivity index (χ1) is 16.4. The number of rotatable bonds is 2. The van der Waals surface area contributed by atoms with E-state index in [9.17, 15) is 14.0 Å². The van der Waals surface area contributed by atoms with Gasteiger partial charge in [-0.15, -0.1) is 6.58 Å². The predicted octanol–water partition coefficient (Wildman–Crippen LogP) is 5.52. The largest absolute Gasteiger partial charge is 0.460 e. The minimum absolute atomic E-state index is 0. The SMILES string of the molecule is C=C[C@]1(CC)C(=O)OCc2c1cc1n(c2=O)Cc2c-1nc1cc(F)c(C)c3c1c2CCC3.CC.[HH]. The lowest BCUT2D eigenvalue weighted by atomic mass is 9.75. The van der Waals surface area contributed by atoms with Crippen LogP contribution in [0.3, 0.4) is 0 Å². The Morgan fingerprint density at radius 2 is 1.94 bits per heavy atom. The van der Waals surface area contributed by atoms with Crippen molar-refractivity contribution < 1.29 is 15.3 Å². The predicted molar refractivity (Wildman–Crippen MR) is 133 cm³/mol. The number of halogens is 1. The number of carbonyl (C=O) groups is 1. The third-order valence-corrected chi connectivity index (χ3v) is 7.73. The second-order valence-electron chi connectivity index (χ2n) is 9.05. The van der Waals surface area contributed by atoms with Gasteiger partial charge in [0.05, 0.1) is 29.0 Å². The van der Waals surface area contributed by atoms with Gasteiger partial charge in [-0.2, -0.15) is 0 Å². The monoisotopic (exact) mass is 462 g/mol. The molecule has 1 aromatic carbocycles. The molecule has 1 atom stereocenters. The highest BCUT2D eigenvalue weighted by molar-refractivity contribution is 5.93. The topological polar surface area (TPSA) is 61.2 Å². The first kappa shape index (κ1) is 22.5. The van der Waals surface area contributed by atoms with Crippen molar-refractivity contribution in [2.24, 2.45) is 0 Å². The van der Waals surface area contributed by atoms with E-state index in [0.717, 1.165) is 41.5 Å². The molecule has 0 bridgehead atoms. The zero-order valence-corrected chi connectivity index (χ0v) is 20.2. The summed E-state index contributed by atoms with van der Waals surface area (Å²) < 4.78 is 21.8. The summed E-state index contributed by atoms with van der Waals surface area (Å²) in [6, 6.07) is 3.42. The van der Waals surface area contributed by atoms with Gasteiger partial charge in [0.25, 0.3) is 5.56 Å². The lowest BCUT2D eigenvalue weighted by molar-refractivity contribution is -0.152. The Morgan fingerprint density at radius 3 is 2.65 bits per heavy atom. The van der Waals surface area contributed by atoms with Gasteiger partial charge < -0.3 is 9.30 Å². The highest BCUT2D eigenvalue weighted by Gasteiger charge is 2.45. The number of esters is 1. The van der Waals surface area contributed by atoms with Crippen molar-refractivity contribution >= 4 is 16.9 Å². The number of hydrogen-bond donors (Lipinski definition) is 0. The number of benzene rings is 1. The van der Waals surface area contributed by atoms with E-state index in [4.69, 9.17) is 9.72 Å². The van der Waals surface area contributed by atoms with E-state index in [0.29, 0.717) is 40.9 Å². The summed E-state index contributed by atoms with van der Waals surface area (Å²) in [5.74, 6) is -0.623. The maximum atomic E-state index is 14.7. The van der Waals surface area contributed by atoms with Crippen molar-refractivity contribution in [2.75, 3.05) is 0 Å². The fourth-order valence-corrected chi connectivity index (χ4v) is 5.89. The standard InChI is InChI=1S/C26H23FN2O3.C2H6.H2/c1-4-26(5-2)18-9-21-23-16(11-29(21)24(30)17(18)12-32-25(26)31)15-8-6-7-14-13(3)19(27)10-20(28-23)22(14)15;1-2;/h4,9-10H,1,5-8,11-12H2,2-3H3;1-2H3;1H/t26-;;/m1../s1. The summed E-state index contributed by atoms with van der Waals surface area (Å²) in [6.45, 7) is 12.0. The average Bonchev–Trinajstić information content (AvgIpc) is 3.23. The minimum Gasteiger partial charge on any atom is -0.460 e. The van der Waals surface area contributed by atoms with Crippen LogP contribution in [-0.2, 0) is 40.9 Å². The average molecular weight is 463 g/mol. The number of carbonyl (C=O) groups excluding carboxylic acids is 1. The second-order valence-corrected chi connectivity index (χ2v) is 9.05. The molecule has 1 aliphatic carbocycles. The molecule has 0 N–H and O–H groups in total. The molecule has 6 rings (SSSR count). The Hall–Kier alpha value is -3.28. The summed E-state index contributed by atoms with van der Waals surface area (Å²) in [5, 5.41) is 1.05. The number of ether oxygens (including phenoxy) is 1. The Morgan fingerprint density at radius 1 is 1.21 bits per heavy atom. The molecule has 0 amide bonds. The molecule has 3 aliphatic rings. The van der Waals surface area contributed by atoms with E-state index in [1.807, 2.05) is 33.8 Å². The van der Waals surface area contributed by atoms with Gasteiger partial charge in [-0.3, -0.25) is 9.59 Å². The van der Waals surface area contributed by atoms with Crippen molar-refractivity contribution in [3.05, 3.63) is 74.3 Å². The van der Waals surface area contributed by atoms with Crippen LogP contribution in [-0.4, -0.2) is 15.5 Å². The summed E-state index contributed by atoms with van der Waals surface area (Å²) >= 11 is 0. The van der Waals surface area contributed by atoms with Crippen molar-refractivity contribution in [3.63, 3.8) is 0 Å². The molecule has 0 saturated heterocycles.